The summed E-state index contributed by atoms with van der Waals surface area (Å²) in [5, 5.41) is 15.8. The predicted octanol–water partition coefficient (Wildman–Crippen LogP) is 8.76. The number of hydrogen-bond donors (Lipinski definition) is 1. The van der Waals surface area contributed by atoms with Crippen molar-refractivity contribution < 1.29 is 19.4 Å². The molecule has 1 atom stereocenters. The summed E-state index contributed by atoms with van der Waals surface area (Å²) in [6.07, 6.45) is 8.08. The molecule has 0 amide bonds. The number of nitrogens with zero attached hydrogens (tertiary/aromatic N) is 5. The quantitative estimate of drug-likeness (QED) is 0.0708. The molecule has 0 aliphatic heterocycles. The Morgan fingerprint density at radius 2 is 1.60 bits per heavy atom. The van der Waals surface area contributed by atoms with E-state index in [0.717, 1.165) is 77.0 Å². The topological polar surface area (TPSA) is 102 Å². The van der Waals surface area contributed by atoms with Gasteiger partial charge in [0.1, 0.15) is 19.3 Å². The smallest absolute Gasteiger partial charge is 0.306 e. The first-order chi connectivity index (χ1) is 22.8. The molecule has 0 radical (unpaired) electrons. The summed E-state index contributed by atoms with van der Waals surface area (Å²) in [7, 11) is -2.51. The van der Waals surface area contributed by atoms with Gasteiger partial charge in [-0.15, -0.1) is 0 Å². The van der Waals surface area contributed by atoms with Crippen molar-refractivity contribution in [3.05, 3.63) is 54.5 Å². The minimum Gasteiger partial charge on any atom is -0.481 e. The van der Waals surface area contributed by atoms with Crippen LogP contribution in [0, 0.1) is 11.8 Å². The zero-order valence-electron chi connectivity index (χ0n) is 30.0. The fraction of sp³-hybridized carbons (Fsp3) is 0.568. The van der Waals surface area contributed by atoms with Crippen molar-refractivity contribution in [2.24, 2.45) is 11.8 Å². The van der Waals surface area contributed by atoms with Crippen LogP contribution in [-0.2, 0) is 14.3 Å². The molecule has 4 aromatic rings. The minimum absolute atomic E-state index is 0.206. The van der Waals surface area contributed by atoms with E-state index in [2.05, 4.69) is 62.4 Å². The lowest BCUT2D eigenvalue weighted by atomic mass is 9.74. The molecular weight excluding hydrogens is 635 g/mol. The lowest BCUT2D eigenvalue weighted by Crippen LogP contribution is -2.33. The van der Waals surface area contributed by atoms with Gasteiger partial charge in [-0.2, -0.15) is 9.61 Å². The van der Waals surface area contributed by atoms with Gasteiger partial charge < -0.3 is 19.5 Å². The van der Waals surface area contributed by atoms with Crippen molar-refractivity contribution in [3.8, 4) is 11.1 Å². The zero-order chi connectivity index (χ0) is 34.5. The summed E-state index contributed by atoms with van der Waals surface area (Å²) in [6, 6.07) is 14.7. The van der Waals surface area contributed by atoms with Crippen LogP contribution in [0.5, 0.6) is 0 Å². The first-order valence-corrected chi connectivity index (χ1v) is 25.1. The van der Waals surface area contributed by atoms with Crippen LogP contribution in [-0.4, -0.2) is 73.5 Å². The lowest BCUT2D eigenvalue weighted by molar-refractivity contribution is -0.144. The summed E-state index contributed by atoms with van der Waals surface area (Å²) < 4.78 is 14.6. The number of fused-ring (bicyclic) bond motifs is 2. The van der Waals surface area contributed by atoms with Crippen molar-refractivity contribution in [2.45, 2.75) is 96.3 Å². The highest BCUT2D eigenvalue weighted by molar-refractivity contribution is 6.76. The Bertz CT molecular complexity index is 1650. The van der Waals surface area contributed by atoms with Crippen LogP contribution in [0.4, 0.5) is 5.82 Å². The Kier molecular flexibility index (Phi) is 11.8. The number of para-hydroxylation sites is 1. The summed E-state index contributed by atoms with van der Waals surface area (Å²) in [4.78, 5) is 24.1. The summed E-state index contributed by atoms with van der Waals surface area (Å²) in [6.45, 7) is 18.4. The number of rotatable bonds is 16. The van der Waals surface area contributed by atoms with E-state index in [1.54, 1.807) is 0 Å². The maximum absolute atomic E-state index is 11.9. The number of carbonyl (C=O) groups is 1. The summed E-state index contributed by atoms with van der Waals surface area (Å²) in [5.74, 6) is 0.383. The van der Waals surface area contributed by atoms with Crippen molar-refractivity contribution in [2.75, 3.05) is 31.6 Å². The first-order valence-electron chi connectivity index (χ1n) is 17.7. The molecule has 11 heteroatoms. The molecule has 0 spiro atoms. The Hall–Kier alpha value is -3.13. The third kappa shape index (κ3) is 9.31. The number of anilines is 1. The molecule has 1 unspecified atom stereocenters. The van der Waals surface area contributed by atoms with E-state index in [4.69, 9.17) is 24.5 Å². The van der Waals surface area contributed by atoms with Gasteiger partial charge in [-0.25, -0.2) is 4.98 Å². The number of carboxylic acids is 1. The number of aliphatic carboxylic acids is 1. The second-order valence-electron chi connectivity index (χ2n) is 16.0. The minimum atomic E-state index is -1.25. The van der Waals surface area contributed by atoms with E-state index in [1.807, 2.05) is 42.0 Å². The lowest BCUT2D eigenvalue weighted by Gasteiger charge is -2.32. The third-order valence-electron chi connectivity index (χ3n) is 9.70. The van der Waals surface area contributed by atoms with Crippen LogP contribution in [0.15, 0.2) is 48.8 Å². The van der Waals surface area contributed by atoms with Gasteiger partial charge in [0, 0.05) is 69.7 Å². The Labute approximate surface area is 288 Å². The molecule has 9 nitrogen and oxygen atoms in total. The Balaban J connectivity index is 1.52. The second-order valence-corrected chi connectivity index (χ2v) is 27.2. The zero-order valence-corrected chi connectivity index (χ0v) is 32.0. The predicted molar refractivity (Wildman–Crippen MR) is 200 cm³/mol. The van der Waals surface area contributed by atoms with E-state index in [0.29, 0.717) is 33.1 Å². The van der Waals surface area contributed by atoms with Crippen molar-refractivity contribution in [1.82, 2.24) is 19.6 Å². The highest BCUT2D eigenvalue weighted by Gasteiger charge is 2.32. The molecule has 1 N–H and O–H groups in total. The van der Waals surface area contributed by atoms with Gasteiger partial charge >= 0.3 is 5.97 Å². The molecule has 1 aliphatic carbocycles. The molecule has 0 saturated heterocycles. The van der Waals surface area contributed by atoms with Crippen molar-refractivity contribution in [1.29, 1.82) is 0 Å². The first kappa shape index (κ1) is 36.2. The number of hydrogen-bond acceptors (Lipinski definition) is 7. The van der Waals surface area contributed by atoms with Gasteiger partial charge in [0.2, 0.25) is 0 Å². The molecule has 3 heterocycles. The molecule has 1 aliphatic rings. The Morgan fingerprint density at radius 3 is 2.21 bits per heavy atom. The highest BCUT2D eigenvalue weighted by Crippen LogP contribution is 2.41. The van der Waals surface area contributed by atoms with Crippen molar-refractivity contribution in [3.63, 3.8) is 0 Å². The van der Waals surface area contributed by atoms with E-state index >= 15 is 0 Å². The number of carboxylic acid groups (broad SMARTS) is 1. The molecule has 48 heavy (non-hydrogen) atoms. The van der Waals surface area contributed by atoms with Gasteiger partial charge in [0.05, 0.1) is 17.6 Å². The van der Waals surface area contributed by atoms with E-state index in [9.17, 15) is 9.90 Å². The van der Waals surface area contributed by atoms with Crippen LogP contribution in [0.2, 0.25) is 51.4 Å². The summed E-state index contributed by atoms with van der Waals surface area (Å²) >= 11 is 0. The van der Waals surface area contributed by atoms with Crippen LogP contribution >= 0.6 is 0 Å². The van der Waals surface area contributed by atoms with E-state index in [-0.39, 0.29) is 17.8 Å². The molecule has 260 valence electrons. The maximum atomic E-state index is 11.9. The molecule has 1 fully saturated rings. The fourth-order valence-electron chi connectivity index (χ4n) is 6.62. The van der Waals surface area contributed by atoms with Gasteiger partial charge in [-0.1, -0.05) is 64.4 Å². The third-order valence-corrected chi connectivity index (χ3v) is 13.1. The molecule has 0 bridgehead atoms. The van der Waals surface area contributed by atoms with Crippen LogP contribution in [0.25, 0.3) is 27.7 Å². The van der Waals surface area contributed by atoms with Crippen molar-refractivity contribution >= 4 is 44.5 Å². The SMILES string of the molecule is CCC(C(=O)O)C1CCC(c2cc(N(COCC[Si](C)(C)C)COCC[Si](C)(C)C)n3ncc(-c4cnc5ccccc5c4)c3n2)CC1. The number of benzene rings is 1. The molecule has 5 rings (SSSR count). The number of ether oxygens (including phenoxy) is 2. The summed E-state index contributed by atoms with van der Waals surface area (Å²) in [5.41, 5.74) is 4.66. The standard InChI is InChI=1S/C37H55N5O4Si2/c1-8-31(37(43)44)27-13-15-28(16-14-27)34-22-35(41(25-45-17-19-47(2,3)4)26-46-18-20-48(5,6)7)42-36(40-34)32(24-39-42)30-21-29-11-9-10-12-33(29)38-23-30/h9-12,21-24,27-28,31H,8,13-20,25-26H2,1-7H3,(H,43,44). The van der Waals surface area contributed by atoms with Gasteiger partial charge in [-0.3, -0.25) is 9.78 Å². The maximum Gasteiger partial charge on any atom is 0.306 e. The van der Waals surface area contributed by atoms with Gasteiger partial charge in [0.15, 0.2) is 5.65 Å². The largest absolute Gasteiger partial charge is 0.481 e. The van der Waals surface area contributed by atoms with Crippen LogP contribution < -0.4 is 4.90 Å². The van der Waals surface area contributed by atoms with Gasteiger partial charge in [0.25, 0.3) is 0 Å². The Morgan fingerprint density at radius 1 is 0.958 bits per heavy atom. The number of pyridine rings is 1. The second kappa shape index (κ2) is 15.6. The fourth-order valence-corrected chi connectivity index (χ4v) is 8.14. The molecule has 1 saturated carbocycles. The monoisotopic (exact) mass is 689 g/mol. The van der Waals surface area contributed by atoms with E-state index < -0.39 is 22.1 Å². The van der Waals surface area contributed by atoms with Gasteiger partial charge in [-0.05, 0) is 62.2 Å². The number of aromatic nitrogens is 4. The normalized spacial score (nSPS) is 18.0. The highest BCUT2D eigenvalue weighted by atomic mass is 28.3. The average Bonchev–Trinajstić information content (AvgIpc) is 3.47. The molecular formula is C37H55N5O4Si2. The van der Waals surface area contributed by atoms with Crippen LogP contribution in [0.3, 0.4) is 0 Å². The molecule has 3 aromatic heterocycles. The average molecular weight is 690 g/mol. The molecule has 1 aromatic carbocycles. The van der Waals surface area contributed by atoms with E-state index in [1.165, 1.54) is 0 Å². The van der Waals surface area contributed by atoms with Crippen LogP contribution in [0.1, 0.15) is 50.6 Å².